The van der Waals surface area contributed by atoms with Gasteiger partial charge < -0.3 is 0 Å². The van der Waals surface area contributed by atoms with Crippen molar-refractivity contribution in [3.63, 3.8) is 0 Å². The maximum absolute atomic E-state index is 9.45. The van der Waals surface area contributed by atoms with Crippen molar-refractivity contribution in [2.75, 3.05) is 0 Å². The van der Waals surface area contributed by atoms with E-state index >= 15 is 0 Å². The van der Waals surface area contributed by atoms with Crippen molar-refractivity contribution in [3.8, 4) is 0 Å². The predicted molar refractivity (Wildman–Crippen MR) is 28.0 cm³/mol. The first kappa shape index (κ1) is 6.14. The molecular weight excluding hydrogens is 92.1 g/mol. The van der Waals surface area contributed by atoms with Crippen molar-refractivity contribution in [1.29, 1.82) is 0 Å². The van der Waals surface area contributed by atoms with Gasteiger partial charge in [0.05, 0.1) is 0 Å². The molecule has 0 aliphatic carbocycles. The fraction of sp³-hybridized carbons (Fsp3) is 0.500. The minimum Gasteiger partial charge on any atom is -0.277 e. The summed E-state index contributed by atoms with van der Waals surface area (Å²) in [5.41, 5.74) is 2.14. The maximum Gasteiger partial charge on any atom is 0.227 e. The first-order valence-corrected chi connectivity index (χ1v) is 2.12. The number of carbonyl (C=O) groups is 1. The summed E-state index contributed by atoms with van der Waals surface area (Å²) >= 11 is 0. The van der Waals surface area contributed by atoms with Crippen LogP contribution < -0.4 is 5.43 Å². The Kier molecular flexibility index (Phi) is 4.51. The van der Waals surface area contributed by atoms with Gasteiger partial charge in [0.15, 0.2) is 0 Å². The van der Waals surface area contributed by atoms with E-state index in [-0.39, 0.29) is 0 Å². The molecule has 7 heavy (non-hydrogen) atoms. The molecule has 0 aliphatic heterocycles. The summed E-state index contributed by atoms with van der Waals surface area (Å²) < 4.78 is 0. The molecule has 0 saturated carbocycles. The van der Waals surface area contributed by atoms with Gasteiger partial charge in [0.25, 0.3) is 0 Å². The predicted octanol–water partition coefficient (Wildman–Crippen LogP) is 0.128. The van der Waals surface area contributed by atoms with Crippen LogP contribution in [0, 0.1) is 0 Å². The molecule has 0 bridgehead atoms. The van der Waals surface area contributed by atoms with Crippen LogP contribution in [0.15, 0.2) is 5.10 Å². The van der Waals surface area contributed by atoms with Crippen molar-refractivity contribution >= 4 is 12.6 Å². The van der Waals surface area contributed by atoms with Gasteiger partial charge in [0.2, 0.25) is 6.41 Å². The zero-order chi connectivity index (χ0) is 5.54. The minimum absolute atomic E-state index is 0.534. The lowest BCUT2D eigenvalue weighted by Crippen LogP contribution is -1.99. The molecule has 0 atom stereocenters. The van der Waals surface area contributed by atoms with Crippen molar-refractivity contribution in [3.05, 3.63) is 0 Å². The van der Waals surface area contributed by atoms with Gasteiger partial charge in [0.1, 0.15) is 0 Å². The largest absolute Gasteiger partial charge is 0.277 e. The summed E-state index contributed by atoms with van der Waals surface area (Å²) in [6, 6.07) is 0. The molecular formula is C4H8N2O. The Hall–Kier alpha value is -0.860. The van der Waals surface area contributed by atoms with Crippen LogP contribution in [-0.4, -0.2) is 12.6 Å². The van der Waals surface area contributed by atoms with Crippen molar-refractivity contribution in [2.24, 2.45) is 5.10 Å². The molecule has 0 spiro atoms. The van der Waals surface area contributed by atoms with E-state index in [0.717, 1.165) is 6.42 Å². The van der Waals surface area contributed by atoms with Crippen LogP contribution in [0.2, 0.25) is 0 Å². The van der Waals surface area contributed by atoms with Crippen LogP contribution in [0.5, 0.6) is 0 Å². The molecule has 0 aliphatic rings. The van der Waals surface area contributed by atoms with Crippen LogP contribution in [0.3, 0.4) is 0 Å². The zero-order valence-corrected chi connectivity index (χ0v) is 4.22. The van der Waals surface area contributed by atoms with E-state index in [4.69, 9.17) is 0 Å². The topological polar surface area (TPSA) is 41.5 Å². The smallest absolute Gasteiger partial charge is 0.227 e. The molecule has 0 saturated heterocycles. The Morgan fingerprint density at radius 3 is 3.00 bits per heavy atom. The third-order valence-electron chi connectivity index (χ3n) is 0.401. The third kappa shape index (κ3) is 5.14. The van der Waals surface area contributed by atoms with E-state index in [1.54, 1.807) is 6.21 Å². The number of nitrogens with one attached hydrogen (secondary N) is 1. The number of carbonyl (C=O) groups excluding carboxylic acids is 1. The average Bonchev–Trinajstić information content (AvgIpc) is 1.69. The first-order chi connectivity index (χ1) is 3.41. The third-order valence-corrected chi connectivity index (χ3v) is 0.401. The van der Waals surface area contributed by atoms with E-state index in [2.05, 4.69) is 10.5 Å². The second-order valence-corrected chi connectivity index (χ2v) is 0.967. The number of hydrogen-bond acceptors (Lipinski definition) is 2. The van der Waals surface area contributed by atoms with Crippen molar-refractivity contribution < 1.29 is 4.79 Å². The van der Waals surface area contributed by atoms with E-state index in [9.17, 15) is 4.79 Å². The van der Waals surface area contributed by atoms with E-state index < -0.39 is 0 Å². The Morgan fingerprint density at radius 2 is 2.57 bits per heavy atom. The quantitative estimate of drug-likeness (QED) is 0.305. The van der Waals surface area contributed by atoms with Gasteiger partial charge in [-0.05, 0) is 6.42 Å². The maximum atomic E-state index is 9.45. The normalized spacial score (nSPS) is 9.29. The monoisotopic (exact) mass is 100 g/mol. The van der Waals surface area contributed by atoms with Crippen LogP contribution >= 0.6 is 0 Å². The molecule has 0 aromatic heterocycles. The molecule has 40 valence electrons. The fourth-order valence-corrected chi connectivity index (χ4v) is 0.174. The summed E-state index contributed by atoms with van der Waals surface area (Å²) in [5.74, 6) is 0. The Bertz CT molecular complexity index is 70.1. The molecule has 0 fully saturated rings. The van der Waals surface area contributed by atoms with Gasteiger partial charge in [-0.15, -0.1) is 0 Å². The minimum atomic E-state index is 0.534. The summed E-state index contributed by atoms with van der Waals surface area (Å²) in [4.78, 5) is 9.45. The molecule has 3 nitrogen and oxygen atoms in total. The second kappa shape index (κ2) is 5.14. The molecule has 0 radical (unpaired) electrons. The number of rotatable bonds is 3. The van der Waals surface area contributed by atoms with Crippen LogP contribution in [-0.2, 0) is 4.79 Å². The summed E-state index contributed by atoms with van der Waals surface area (Å²) in [7, 11) is 0. The van der Waals surface area contributed by atoms with Gasteiger partial charge in [-0.2, -0.15) is 5.10 Å². The van der Waals surface area contributed by atoms with Crippen LogP contribution in [0.1, 0.15) is 13.3 Å². The molecule has 3 heteroatoms. The Balaban J connectivity index is 2.92. The summed E-state index contributed by atoms with van der Waals surface area (Å²) in [5, 5.41) is 3.47. The highest BCUT2D eigenvalue weighted by molar-refractivity contribution is 5.58. The van der Waals surface area contributed by atoms with Crippen LogP contribution in [0.25, 0.3) is 0 Å². The van der Waals surface area contributed by atoms with E-state index in [0.29, 0.717) is 6.41 Å². The lowest BCUT2D eigenvalue weighted by Gasteiger charge is -1.78. The molecule has 0 aromatic carbocycles. The zero-order valence-electron chi connectivity index (χ0n) is 4.22. The van der Waals surface area contributed by atoms with Gasteiger partial charge in [-0.25, -0.2) is 0 Å². The standard InChI is InChI=1S/C4H8N2O/c1-2-3-5-6-4-7/h3-4H,2H2,1H3,(H,6,7)/b5-3-. The van der Waals surface area contributed by atoms with Crippen molar-refractivity contribution in [1.82, 2.24) is 5.43 Å². The summed E-state index contributed by atoms with van der Waals surface area (Å²) in [6.45, 7) is 1.94. The lowest BCUT2D eigenvalue weighted by atomic mass is 10.6. The van der Waals surface area contributed by atoms with Crippen molar-refractivity contribution in [2.45, 2.75) is 13.3 Å². The second-order valence-electron chi connectivity index (χ2n) is 0.967. The number of hydrogen-bond donors (Lipinski definition) is 1. The number of hydrazone groups is 1. The van der Waals surface area contributed by atoms with Gasteiger partial charge in [-0.3, -0.25) is 10.2 Å². The van der Waals surface area contributed by atoms with Gasteiger partial charge >= 0.3 is 0 Å². The SMILES string of the molecule is CC/C=N\NC=O. The van der Waals surface area contributed by atoms with Crippen LogP contribution in [0.4, 0.5) is 0 Å². The molecule has 1 amide bonds. The van der Waals surface area contributed by atoms with Gasteiger partial charge in [-0.1, -0.05) is 6.92 Å². The highest BCUT2D eigenvalue weighted by atomic mass is 16.1. The Morgan fingerprint density at radius 1 is 1.86 bits per heavy atom. The fourth-order valence-electron chi connectivity index (χ4n) is 0.174. The molecule has 1 N–H and O–H groups in total. The van der Waals surface area contributed by atoms with Gasteiger partial charge in [0, 0.05) is 6.21 Å². The molecule has 0 heterocycles. The molecule has 0 rings (SSSR count). The van der Waals surface area contributed by atoms with E-state index in [1.807, 2.05) is 6.92 Å². The molecule has 0 aromatic rings. The lowest BCUT2D eigenvalue weighted by molar-refractivity contribution is -0.109. The average molecular weight is 100 g/mol. The highest BCUT2D eigenvalue weighted by Gasteiger charge is 1.62. The first-order valence-electron chi connectivity index (χ1n) is 2.12. The molecule has 0 unspecified atom stereocenters. The number of amides is 1. The Labute approximate surface area is 42.4 Å². The highest BCUT2D eigenvalue weighted by Crippen LogP contribution is 1.61. The summed E-state index contributed by atoms with van der Waals surface area (Å²) in [6.07, 6.45) is 3.00. The van der Waals surface area contributed by atoms with E-state index in [1.165, 1.54) is 0 Å². The number of nitrogens with zero attached hydrogens (tertiary/aromatic N) is 1.